The van der Waals surface area contributed by atoms with Gasteiger partial charge in [-0.3, -0.25) is 14.9 Å². The standard InChI is InChI=1S/C31H24N2O6/c1-37-27-14-8-11-22(28(27)38-20-21-9-4-2-5-10-21)19-26-29(34)32-31(36)33(30(26)35)23-15-17-25(18-16-23)39-24-12-6-3-7-13-24/h2-19H,20H2,1H3,(H,32,34,36). The lowest BCUT2D eigenvalue weighted by Crippen LogP contribution is -2.54. The SMILES string of the molecule is COc1cccc(C=C2C(=O)NC(=O)N(c3ccc(Oc4ccccc4)cc3)C2=O)c1OCc1ccccc1. The maximum absolute atomic E-state index is 13.4. The number of carbonyl (C=O) groups excluding carboxylic acids is 3. The van der Waals surface area contributed by atoms with Crippen molar-refractivity contribution >= 4 is 29.6 Å². The quantitative estimate of drug-likeness (QED) is 0.235. The number of para-hydroxylation sites is 2. The number of amides is 4. The lowest BCUT2D eigenvalue weighted by molar-refractivity contribution is -0.122. The van der Waals surface area contributed by atoms with E-state index in [1.807, 2.05) is 60.7 Å². The van der Waals surface area contributed by atoms with Crippen molar-refractivity contribution in [2.75, 3.05) is 12.0 Å². The number of anilines is 1. The Hall–Kier alpha value is -5.37. The number of methoxy groups -OCH3 is 1. The van der Waals surface area contributed by atoms with Gasteiger partial charge < -0.3 is 14.2 Å². The van der Waals surface area contributed by atoms with E-state index >= 15 is 0 Å². The van der Waals surface area contributed by atoms with Crippen LogP contribution in [0.5, 0.6) is 23.0 Å². The van der Waals surface area contributed by atoms with Gasteiger partial charge in [-0.25, -0.2) is 9.69 Å². The largest absolute Gasteiger partial charge is 0.493 e. The van der Waals surface area contributed by atoms with E-state index in [0.717, 1.165) is 10.5 Å². The molecule has 0 spiro atoms. The Morgan fingerprint density at radius 3 is 2.13 bits per heavy atom. The van der Waals surface area contributed by atoms with E-state index in [1.165, 1.54) is 13.2 Å². The van der Waals surface area contributed by atoms with Gasteiger partial charge >= 0.3 is 6.03 Å². The normalized spacial score (nSPS) is 14.2. The highest BCUT2D eigenvalue weighted by Crippen LogP contribution is 2.34. The third-order valence-electron chi connectivity index (χ3n) is 5.93. The maximum atomic E-state index is 13.4. The smallest absolute Gasteiger partial charge is 0.335 e. The molecule has 39 heavy (non-hydrogen) atoms. The van der Waals surface area contributed by atoms with Crippen LogP contribution in [0.1, 0.15) is 11.1 Å². The van der Waals surface area contributed by atoms with Gasteiger partial charge in [0.25, 0.3) is 11.8 Å². The molecule has 4 aromatic carbocycles. The van der Waals surface area contributed by atoms with Crippen LogP contribution in [0.4, 0.5) is 10.5 Å². The van der Waals surface area contributed by atoms with Crippen LogP contribution in [0.3, 0.4) is 0 Å². The minimum Gasteiger partial charge on any atom is -0.493 e. The van der Waals surface area contributed by atoms with Crippen molar-refractivity contribution in [3.8, 4) is 23.0 Å². The number of ether oxygens (including phenoxy) is 3. The minimum absolute atomic E-state index is 0.225. The lowest BCUT2D eigenvalue weighted by Gasteiger charge is -2.26. The Bertz CT molecular complexity index is 1530. The predicted octanol–water partition coefficient (Wildman–Crippen LogP) is 5.73. The van der Waals surface area contributed by atoms with Gasteiger partial charge in [0.2, 0.25) is 0 Å². The Morgan fingerprint density at radius 2 is 1.44 bits per heavy atom. The molecule has 4 aromatic rings. The van der Waals surface area contributed by atoms with Crippen LogP contribution in [0.2, 0.25) is 0 Å². The molecule has 1 aliphatic heterocycles. The number of hydrogen-bond acceptors (Lipinski definition) is 6. The summed E-state index contributed by atoms with van der Waals surface area (Å²) in [7, 11) is 1.51. The molecule has 5 rings (SSSR count). The van der Waals surface area contributed by atoms with Crippen molar-refractivity contribution in [1.82, 2.24) is 5.32 Å². The lowest BCUT2D eigenvalue weighted by atomic mass is 10.1. The number of imide groups is 2. The van der Waals surface area contributed by atoms with Gasteiger partial charge in [-0.15, -0.1) is 0 Å². The van der Waals surface area contributed by atoms with Gasteiger partial charge in [0, 0.05) is 5.56 Å². The molecule has 194 valence electrons. The summed E-state index contributed by atoms with van der Waals surface area (Å²) in [4.78, 5) is 39.8. The molecule has 0 aliphatic carbocycles. The molecule has 0 bridgehead atoms. The van der Waals surface area contributed by atoms with Crippen LogP contribution in [0.15, 0.2) is 109 Å². The second kappa shape index (κ2) is 11.4. The van der Waals surface area contributed by atoms with Crippen LogP contribution >= 0.6 is 0 Å². The van der Waals surface area contributed by atoms with Crippen molar-refractivity contribution in [3.05, 3.63) is 120 Å². The summed E-state index contributed by atoms with van der Waals surface area (Å²) in [6.45, 7) is 0.250. The summed E-state index contributed by atoms with van der Waals surface area (Å²) in [5.41, 5.74) is 1.44. The van der Waals surface area contributed by atoms with E-state index in [9.17, 15) is 14.4 Å². The second-order valence-electron chi connectivity index (χ2n) is 8.52. The number of urea groups is 1. The molecule has 1 fully saturated rings. The van der Waals surface area contributed by atoms with E-state index in [4.69, 9.17) is 14.2 Å². The van der Waals surface area contributed by atoms with Crippen LogP contribution < -0.4 is 24.4 Å². The highest BCUT2D eigenvalue weighted by molar-refractivity contribution is 6.39. The van der Waals surface area contributed by atoms with Crippen molar-refractivity contribution in [3.63, 3.8) is 0 Å². The van der Waals surface area contributed by atoms with Gasteiger partial charge in [0.1, 0.15) is 23.7 Å². The van der Waals surface area contributed by atoms with Crippen LogP contribution in [0.25, 0.3) is 6.08 Å². The number of carbonyl (C=O) groups is 3. The Kier molecular flexibility index (Phi) is 7.36. The summed E-state index contributed by atoms with van der Waals surface area (Å²) < 4.78 is 17.3. The Labute approximate surface area is 225 Å². The average molecular weight is 521 g/mol. The molecule has 0 unspecified atom stereocenters. The fraction of sp³-hybridized carbons (Fsp3) is 0.0645. The second-order valence-corrected chi connectivity index (χ2v) is 8.52. The first-order chi connectivity index (χ1) is 19.0. The zero-order valence-corrected chi connectivity index (χ0v) is 21.0. The Balaban J connectivity index is 1.42. The molecule has 0 atom stereocenters. The van der Waals surface area contributed by atoms with Crippen LogP contribution in [0, 0.1) is 0 Å². The maximum Gasteiger partial charge on any atom is 0.335 e. The molecule has 1 heterocycles. The van der Waals surface area contributed by atoms with E-state index in [1.54, 1.807) is 42.5 Å². The summed E-state index contributed by atoms with van der Waals surface area (Å²) in [5, 5.41) is 2.24. The zero-order valence-electron chi connectivity index (χ0n) is 21.0. The number of benzene rings is 4. The number of nitrogens with one attached hydrogen (secondary N) is 1. The number of barbiturate groups is 1. The Morgan fingerprint density at radius 1 is 0.769 bits per heavy atom. The van der Waals surface area contributed by atoms with Crippen LogP contribution in [-0.4, -0.2) is 25.0 Å². The molecule has 0 saturated carbocycles. The van der Waals surface area contributed by atoms with E-state index in [-0.39, 0.29) is 17.9 Å². The third-order valence-corrected chi connectivity index (χ3v) is 5.93. The number of nitrogens with zero attached hydrogens (tertiary/aromatic N) is 1. The molecular formula is C31H24N2O6. The molecule has 1 saturated heterocycles. The molecule has 8 heteroatoms. The molecule has 8 nitrogen and oxygen atoms in total. The number of hydrogen-bond donors (Lipinski definition) is 1. The van der Waals surface area contributed by atoms with E-state index in [2.05, 4.69) is 5.32 Å². The molecular weight excluding hydrogens is 496 g/mol. The fourth-order valence-electron chi connectivity index (χ4n) is 4.03. The van der Waals surface area contributed by atoms with Crippen LogP contribution in [-0.2, 0) is 16.2 Å². The van der Waals surface area contributed by atoms with Crippen molar-refractivity contribution in [2.24, 2.45) is 0 Å². The van der Waals surface area contributed by atoms with E-state index in [0.29, 0.717) is 28.6 Å². The number of rotatable bonds is 8. The van der Waals surface area contributed by atoms with Gasteiger partial charge in [-0.2, -0.15) is 0 Å². The molecule has 0 radical (unpaired) electrons. The van der Waals surface area contributed by atoms with Crippen molar-refractivity contribution in [1.29, 1.82) is 0 Å². The summed E-state index contributed by atoms with van der Waals surface area (Å²) >= 11 is 0. The molecule has 4 amide bonds. The first-order valence-corrected chi connectivity index (χ1v) is 12.1. The van der Waals surface area contributed by atoms with E-state index < -0.39 is 17.8 Å². The topological polar surface area (TPSA) is 94.2 Å². The minimum atomic E-state index is -0.843. The van der Waals surface area contributed by atoms with Crippen molar-refractivity contribution < 1.29 is 28.6 Å². The average Bonchev–Trinajstić information content (AvgIpc) is 2.96. The predicted molar refractivity (Wildman–Crippen MR) is 146 cm³/mol. The van der Waals surface area contributed by atoms with Crippen molar-refractivity contribution in [2.45, 2.75) is 6.61 Å². The highest BCUT2D eigenvalue weighted by atomic mass is 16.5. The first kappa shape index (κ1) is 25.3. The van der Waals surface area contributed by atoms with Gasteiger partial charge in [-0.05, 0) is 54.1 Å². The van der Waals surface area contributed by atoms with Gasteiger partial charge in [0.05, 0.1) is 12.8 Å². The molecule has 0 aromatic heterocycles. The fourth-order valence-corrected chi connectivity index (χ4v) is 4.03. The third kappa shape index (κ3) is 5.65. The summed E-state index contributed by atoms with van der Waals surface area (Å²) in [6, 6.07) is 29.5. The van der Waals surface area contributed by atoms with Gasteiger partial charge in [0.15, 0.2) is 11.5 Å². The molecule has 1 N–H and O–H groups in total. The summed E-state index contributed by atoms with van der Waals surface area (Å²) in [6.07, 6.45) is 1.40. The van der Waals surface area contributed by atoms with Gasteiger partial charge in [-0.1, -0.05) is 60.7 Å². The zero-order chi connectivity index (χ0) is 27.2. The highest BCUT2D eigenvalue weighted by Gasteiger charge is 2.37. The first-order valence-electron chi connectivity index (χ1n) is 12.1. The molecule has 1 aliphatic rings. The monoisotopic (exact) mass is 520 g/mol. The summed E-state index contributed by atoms with van der Waals surface area (Å²) in [5.74, 6) is 0.405.